The maximum absolute atomic E-state index is 11.1. The maximum atomic E-state index is 11.1. The number of rotatable bonds is 5. The highest BCUT2D eigenvalue weighted by Gasteiger charge is 2.11. The zero-order valence-corrected chi connectivity index (χ0v) is 11.8. The monoisotopic (exact) mass is 269 g/mol. The molecule has 0 amide bonds. The third kappa shape index (κ3) is 3.60. The van der Waals surface area contributed by atoms with Gasteiger partial charge in [0.15, 0.2) is 0 Å². The van der Waals surface area contributed by atoms with Crippen LogP contribution in [0.3, 0.4) is 0 Å². The summed E-state index contributed by atoms with van der Waals surface area (Å²) in [5, 5.41) is 9.08. The number of benzene rings is 2. The number of carbonyl (C=O) groups is 1. The Balaban J connectivity index is 2.23. The maximum Gasteiger partial charge on any atom is 0.323 e. The number of anilines is 1. The van der Waals surface area contributed by atoms with Crippen LogP contribution >= 0.6 is 0 Å². The lowest BCUT2D eigenvalue weighted by Gasteiger charge is -2.23. The van der Waals surface area contributed by atoms with Crippen molar-refractivity contribution in [2.75, 3.05) is 11.4 Å². The Hall–Kier alpha value is -2.29. The zero-order valence-electron chi connectivity index (χ0n) is 11.8. The molecule has 0 radical (unpaired) electrons. The van der Waals surface area contributed by atoms with Gasteiger partial charge in [-0.2, -0.15) is 0 Å². The second-order valence-corrected chi connectivity index (χ2v) is 5.00. The molecule has 2 aromatic carbocycles. The Kier molecular flexibility index (Phi) is 4.41. The molecule has 2 rings (SSSR count). The minimum absolute atomic E-state index is 0.00304. The molecule has 20 heavy (non-hydrogen) atoms. The van der Waals surface area contributed by atoms with Crippen LogP contribution in [0.2, 0.25) is 0 Å². The molecule has 0 aliphatic rings. The molecular formula is C17H19NO2. The smallest absolute Gasteiger partial charge is 0.323 e. The van der Waals surface area contributed by atoms with E-state index in [9.17, 15) is 4.79 Å². The number of hydrogen-bond acceptors (Lipinski definition) is 2. The number of hydrogen-bond donors (Lipinski definition) is 1. The fraction of sp³-hybridized carbons (Fsp3) is 0.235. The van der Waals surface area contributed by atoms with Gasteiger partial charge in [-0.15, -0.1) is 0 Å². The van der Waals surface area contributed by atoms with Crippen molar-refractivity contribution >= 4 is 11.7 Å². The van der Waals surface area contributed by atoms with Gasteiger partial charge in [0.2, 0.25) is 0 Å². The first kappa shape index (κ1) is 14.1. The largest absolute Gasteiger partial charge is 0.480 e. The van der Waals surface area contributed by atoms with Crippen molar-refractivity contribution in [2.45, 2.75) is 20.4 Å². The summed E-state index contributed by atoms with van der Waals surface area (Å²) in [4.78, 5) is 12.9. The quantitative estimate of drug-likeness (QED) is 0.904. The van der Waals surface area contributed by atoms with Crippen LogP contribution in [0.1, 0.15) is 16.7 Å². The van der Waals surface area contributed by atoms with E-state index in [0.29, 0.717) is 6.54 Å². The standard InChI is InChI=1S/C17H19NO2/c1-13-8-9-15(10-14(13)2)11-18(12-17(19)20)16-6-4-3-5-7-16/h3-10H,11-12H2,1-2H3,(H,19,20). The van der Waals surface area contributed by atoms with E-state index in [-0.39, 0.29) is 6.54 Å². The van der Waals surface area contributed by atoms with Crippen molar-refractivity contribution in [3.8, 4) is 0 Å². The molecule has 0 spiro atoms. The van der Waals surface area contributed by atoms with Gasteiger partial charge in [-0.1, -0.05) is 36.4 Å². The van der Waals surface area contributed by atoms with Crippen molar-refractivity contribution in [3.63, 3.8) is 0 Å². The van der Waals surface area contributed by atoms with Crippen LogP contribution in [0.4, 0.5) is 5.69 Å². The second kappa shape index (κ2) is 6.24. The van der Waals surface area contributed by atoms with Crippen LogP contribution in [0, 0.1) is 13.8 Å². The highest BCUT2D eigenvalue weighted by molar-refractivity contribution is 5.73. The van der Waals surface area contributed by atoms with Crippen LogP contribution in [-0.4, -0.2) is 17.6 Å². The molecule has 0 saturated carbocycles. The molecule has 0 aliphatic carbocycles. The lowest BCUT2D eigenvalue weighted by atomic mass is 10.1. The van der Waals surface area contributed by atoms with Crippen LogP contribution in [0.15, 0.2) is 48.5 Å². The molecule has 3 nitrogen and oxygen atoms in total. The van der Waals surface area contributed by atoms with Crippen molar-refractivity contribution in [3.05, 3.63) is 65.2 Å². The minimum atomic E-state index is -0.822. The summed E-state index contributed by atoms with van der Waals surface area (Å²) in [5.74, 6) is -0.822. The fourth-order valence-corrected chi connectivity index (χ4v) is 2.16. The number of para-hydroxylation sites is 1. The van der Waals surface area contributed by atoms with Gasteiger partial charge in [-0.25, -0.2) is 0 Å². The molecule has 1 N–H and O–H groups in total. The highest BCUT2D eigenvalue weighted by Crippen LogP contribution is 2.18. The molecule has 3 heteroatoms. The summed E-state index contributed by atoms with van der Waals surface area (Å²) < 4.78 is 0. The summed E-state index contributed by atoms with van der Waals surface area (Å²) in [7, 11) is 0. The van der Waals surface area contributed by atoms with Crippen molar-refractivity contribution in [1.29, 1.82) is 0 Å². The average Bonchev–Trinajstić information content (AvgIpc) is 2.43. The second-order valence-electron chi connectivity index (χ2n) is 5.00. The number of carboxylic acid groups (broad SMARTS) is 1. The Morgan fingerprint density at radius 2 is 1.75 bits per heavy atom. The van der Waals surface area contributed by atoms with Crippen LogP contribution in [-0.2, 0) is 11.3 Å². The topological polar surface area (TPSA) is 40.5 Å². The lowest BCUT2D eigenvalue weighted by molar-refractivity contribution is -0.135. The van der Waals surface area contributed by atoms with Gasteiger partial charge in [-0.3, -0.25) is 4.79 Å². The Morgan fingerprint density at radius 3 is 2.35 bits per heavy atom. The van der Waals surface area contributed by atoms with E-state index in [1.165, 1.54) is 11.1 Å². The van der Waals surface area contributed by atoms with Gasteiger partial charge in [0, 0.05) is 12.2 Å². The third-order valence-corrected chi connectivity index (χ3v) is 3.39. The van der Waals surface area contributed by atoms with Gasteiger partial charge in [0.1, 0.15) is 6.54 Å². The van der Waals surface area contributed by atoms with E-state index >= 15 is 0 Å². The lowest BCUT2D eigenvalue weighted by Crippen LogP contribution is -2.29. The van der Waals surface area contributed by atoms with Crippen molar-refractivity contribution in [2.24, 2.45) is 0 Å². The molecule has 0 heterocycles. The van der Waals surface area contributed by atoms with Gasteiger partial charge in [0.05, 0.1) is 0 Å². The van der Waals surface area contributed by atoms with E-state index in [2.05, 4.69) is 32.0 Å². The van der Waals surface area contributed by atoms with Gasteiger partial charge < -0.3 is 10.0 Å². The first-order valence-corrected chi connectivity index (χ1v) is 6.64. The third-order valence-electron chi connectivity index (χ3n) is 3.39. The SMILES string of the molecule is Cc1ccc(CN(CC(=O)O)c2ccccc2)cc1C. The van der Waals surface area contributed by atoms with Crippen molar-refractivity contribution in [1.82, 2.24) is 0 Å². The molecule has 0 saturated heterocycles. The average molecular weight is 269 g/mol. The van der Waals surface area contributed by atoms with E-state index in [4.69, 9.17) is 5.11 Å². The molecule has 0 aromatic heterocycles. The Labute approximate surface area is 119 Å². The van der Waals surface area contributed by atoms with Crippen LogP contribution in [0.5, 0.6) is 0 Å². The number of nitrogens with zero attached hydrogens (tertiary/aromatic N) is 1. The summed E-state index contributed by atoms with van der Waals surface area (Å²) in [6.07, 6.45) is 0. The van der Waals surface area contributed by atoms with Gasteiger partial charge in [-0.05, 0) is 42.7 Å². The molecule has 0 fully saturated rings. The first-order chi connectivity index (χ1) is 9.56. The summed E-state index contributed by atoms with van der Waals surface area (Å²) >= 11 is 0. The first-order valence-electron chi connectivity index (χ1n) is 6.64. The van der Waals surface area contributed by atoms with E-state index in [1.54, 1.807) is 0 Å². The van der Waals surface area contributed by atoms with E-state index < -0.39 is 5.97 Å². The van der Waals surface area contributed by atoms with Gasteiger partial charge >= 0.3 is 5.97 Å². The molecule has 0 unspecified atom stereocenters. The normalized spacial score (nSPS) is 10.3. The predicted octanol–water partition coefficient (Wildman–Crippen LogP) is 3.39. The van der Waals surface area contributed by atoms with E-state index in [0.717, 1.165) is 11.3 Å². The van der Waals surface area contributed by atoms with Crippen LogP contribution in [0.25, 0.3) is 0 Å². The van der Waals surface area contributed by atoms with Gasteiger partial charge in [0.25, 0.3) is 0 Å². The summed E-state index contributed by atoms with van der Waals surface area (Å²) in [5.41, 5.74) is 4.52. The summed E-state index contributed by atoms with van der Waals surface area (Å²) in [6, 6.07) is 15.9. The molecule has 2 aromatic rings. The fourth-order valence-electron chi connectivity index (χ4n) is 2.16. The van der Waals surface area contributed by atoms with Crippen LogP contribution < -0.4 is 4.90 Å². The number of carboxylic acids is 1. The molecular weight excluding hydrogens is 250 g/mol. The highest BCUT2D eigenvalue weighted by atomic mass is 16.4. The molecule has 104 valence electrons. The molecule has 0 atom stereocenters. The Morgan fingerprint density at radius 1 is 1.05 bits per heavy atom. The minimum Gasteiger partial charge on any atom is -0.480 e. The predicted molar refractivity (Wildman–Crippen MR) is 81.0 cm³/mol. The van der Waals surface area contributed by atoms with Crippen molar-refractivity contribution < 1.29 is 9.90 Å². The molecule has 0 bridgehead atoms. The molecule has 0 aliphatic heterocycles. The number of aliphatic carboxylic acids is 1. The number of aryl methyl sites for hydroxylation is 2. The van der Waals surface area contributed by atoms with E-state index in [1.807, 2.05) is 35.2 Å². The zero-order chi connectivity index (χ0) is 14.5. The Bertz CT molecular complexity index is 593. The summed E-state index contributed by atoms with van der Waals surface area (Å²) in [6.45, 7) is 4.74.